The van der Waals surface area contributed by atoms with E-state index in [9.17, 15) is 0 Å². The molecule has 0 unspecified atom stereocenters. The Morgan fingerprint density at radius 2 is 2.00 bits per heavy atom. The largest absolute Gasteiger partial charge is 0.302 e. The lowest BCUT2D eigenvalue weighted by Gasteiger charge is -2.05. The van der Waals surface area contributed by atoms with Gasteiger partial charge in [0.05, 0.1) is 0 Å². The van der Waals surface area contributed by atoms with E-state index in [2.05, 4.69) is 19.7 Å². The summed E-state index contributed by atoms with van der Waals surface area (Å²) in [6.45, 7) is 1.02. The van der Waals surface area contributed by atoms with Gasteiger partial charge in [-0.1, -0.05) is 11.8 Å². The summed E-state index contributed by atoms with van der Waals surface area (Å²) in [6, 6.07) is 3.96. The molecule has 2 aromatic heterocycles. The second-order valence-corrected chi connectivity index (χ2v) is 4.81. The minimum Gasteiger partial charge on any atom is -0.302 e. The number of hydrogen-bond acceptors (Lipinski definition) is 4. The first-order valence-corrected chi connectivity index (χ1v) is 6.40. The van der Waals surface area contributed by atoms with Gasteiger partial charge in [0.2, 0.25) is 0 Å². The van der Waals surface area contributed by atoms with Crippen LogP contribution in [-0.2, 0) is 6.54 Å². The van der Waals surface area contributed by atoms with Crippen molar-refractivity contribution in [3.63, 3.8) is 0 Å². The molecule has 0 saturated heterocycles. The third-order valence-corrected chi connectivity index (χ3v) is 3.72. The van der Waals surface area contributed by atoms with Crippen LogP contribution in [0.2, 0.25) is 0 Å². The highest BCUT2D eigenvalue weighted by atomic mass is 32.2. The van der Waals surface area contributed by atoms with Crippen LogP contribution in [0.15, 0.2) is 29.7 Å². The van der Waals surface area contributed by atoms with Crippen LogP contribution in [-0.4, -0.2) is 25.5 Å². The summed E-state index contributed by atoms with van der Waals surface area (Å²) < 4.78 is 2.22. The molecule has 0 spiro atoms. The molecule has 0 aliphatic carbocycles. The molecule has 3 rings (SSSR count). The Hall–Kier alpha value is -1.36. The molecule has 1 aliphatic heterocycles. The summed E-state index contributed by atoms with van der Waals surface area (Å²) in [4.78, 5) is 4.02. The molecule has 4 nitrogen and oxygen atoms in total. The molecule has 0 bridgehead atoms. The van der Waals surface area contributed by atoms with Gasteiger partial charge in [-0.3, -0.25) is 4.98 Å². The molecule has 3 heterocycles. The highest BCUT2D eigenvalue weighted by Crippen LogP contribution is 2.27. The number of pyridine rings is 1. The molecule has 0 saturated carbocycles. The van der Waals surface area contributed by atoms with Gasteiger partial charge in [-0.2, -0.15) is 0 Å². The van der Waals surface area contributed by atoms with Crippen molar-refractivity contribution in [2.75, 3.05) is 5.75 Å². The van der Waals surface area contributed by atoms with Gasteiger partial charge in [0.15, 0.2) is 11.0 Å². The molecule has 0 amide bonds. The van der Waals surface area contributed by atoms with Gasteiger partial charge in [-0.05, 0) is 25.0 Å². The van der Waals surface area contributed by atoms with Crippen LogP contribution < -0.4 is 0 Å². The third kappa shape index (κ3) is 1.71. The van der Waals surface area contributed by atoms with Crippen LogP contribution in [0.4, 0.5) is 0 Å². The summed E-state index contributed by atoms with van der Waals surface area (Å²) in [5.41, 5.74) is 1.09. The van der Waals surface area contributed by atoms with E-state index in [1.165, 1.54) is 12.8 Å². The predicted octanol–water partition coefficient (Wildman–Crippen LogP) is 2.23. The molecule has 2 aromatic rings. The zero-order valence-corrected chi connectivity index (χ0v) is 9.65. The first kappa shape index (κ1) is 9.84. The minimum atomic E-state index is 0.965. The van der Waals surface area contributed by atoms with Crippen LogP contribution >= 0.6 is 11.8 Å². The molecular formula is C11H12N4S. The zero-order valence-electron chi connectivity index (χ0n) is 8.83. The van der Waals surface area contributed by atoms with Gasteiger partial charge in [0, 0.05) is 30.3 Å². The van der Waals surface area contributed by atoms with E-state index in [0.29, 0.717) is 0 Å². The SMILES string of the molecule is c1cc(-c2nnc3n2CCCCS3)ccn1. The lowest BCUT2D eigenvalue weighted by atomic mass is 10.2. The monoisotopic (exact) mass is 232 g/mol. The number of rotatable bonds is 1. The number of nitrogens with zero attached hydrogens (tertiary/aromatic N) is 4. The maximum absolute atomic E-state index is 4.27. The Kier molecular flexibility index (Phi) is 2.61. The fraction of sp³-hybridized carbons (Fsp3) is 0.364. The Labute approximate surface area is 98.1 Å². The molecule has 0 N–H and O–H groups in total. The van der Waals surface area contributed by atoms with E-state index in [4.69, 9.17) is 0 Å². The Bertz CT molecular complexity index is 480. The standard InChI is InChI=1S/C11H12N4S/c1-2-8-16-11-14-13-10(15(11)7-1)9-3-5-12-6-4-9/h3-6H,1-2,7-8H2. The normalized spacial score (nSPS) is 15.5. The Morgan fingerprint density at radius 1 is 1.12 bits per heavy atom. The molecule has 1 aliphatic rings. The van der Waals surface area contributed by atoms with Crippen LogP contribution in [0.5, 0.6) is 0 Å². The van der Waals surface area contributed by atoms with Gasteiger partial charge >= 0.3 is 0 Å². The highest BCUT2D eigenvalue weighted by molar-refractivity contribution is 7.99. The van der Waals surface area contributed by atoms with Gasteiger partial charge in [-0.25, -0.2) is 0 Å². The van der Waals surface area contributed by atoms with E-state index >= 15 is 0 Å². The third-order valence-electron chi connectivity index (χ3n) is 2.66. The molecule has 0 radical (unpaired) electrons. The quantitative estimate of drug-likeness (QED) is 0.756. The average molecular weight is 232 g/mol. The van der Waals surface area contributed by atoms with Gasteiger partial charge in [0.25, 0.3) is 0 Å². The van der Waals surface area contributed by atoms with Crippen LogP contribution in [0, 0.1) is 0 Å². The fourth-order valence-electron chi connectivity index (χ4n) is 1.85. The molecule has 0 aromatic carbocycles. The highest BCUT2D eigenvalue weighted by Gasteiger charge is 2.15. The summed E-state index contributed by atoms with van der Waals surface area (Å²) >= 11 is 1.80. The fourth-order valence-corrected chi connectivity index (χ4v) is 2.81. The van der Waals surface area contributed by atoms with Crippen LogP contribution in [0.1, 0.15) is 12.8 Å². The average Bonchev–Trinajstić information content (AvgIpc) is 2.60. The van der Waals surface area contributed by atoms with Crippen LogP contribution in [0.3, 0.4) is 0 Å². The molecule has 82 valence electrons. The Balaban J connectivity index is 2.06. The molecule has 0 atom stereocenters. The molecular weight excluding hydrogens is 220 g/mol. The number of fused-ring (bicyclic) bond motifs is 1. The van der Waals surface area contributed by atoms with Crippen molar-refractivity contribution in [1.82, 2.24) is 19.7 Å². The van der Waals surface area contributed by atoms with E-state index in [0.717, 1.165) is 28.8 Å². The maximum Gasteiger partial charge on any atom is 0.191 e. The van der Waals surface area contributed by atoms with Crippen LogP contribution in [0.25, 0.3) is 11.4 Å². The van der Waals surface area contributed by atoms with Gasteiger partial charge < -0.3 is 4.57 Å². The second-order valence-electron chi connectivity index (χ2n) is 3.75. The zero-order chi connectivity index (χ0) is 10.8. The molecule has 5 heteroatoms. The number of aromatic nitrogens is 4. The van der Waals surface area contributed by atoms with Crippen molar-refractivity contribution in [2.45, 2.75) is 24.5 Å². The summed E-state index contributed by atoms with van der Waals surface area (Å²) in [7, 11) is 0. The predicted molar refractivity (Wildman–Crippen MR) is 63.2 cm³/mol. The topological polar surface area (TPSA) is 43.6 Å². The van der Waals surface area contributed by atoms with E-state index < -0.39 is 0 Å². The van der Waals surface area contributed by atoms with Crippen molar-refractivity contribution in [3.05, 3.63) is 24.5 Å². The minimum absolute atomic E-state index is 0.965. The smallest absolute Gasteiger partial charge is 0.191 e. The summed E-state index contributed by atoms with van der Waals surface area (Å²) in [5.74, 6) is 2.11. The van der Waals surface area contributed by atoms with Crippen molar-refractivity contribution in [2.24, 2.45) is 0 Å². The first-order chi connectivity index (χ1) is 7.95. The van der Waals surface area contributed by atoms with E-state index in [1.807, 2.05) is 12.1 Å². The van der Waals surface area contributed by atoms with Crippen molar-refractivity contribution >= 4 is 11.8 Å². The van der Waals surface area contributed by atoms with E-state index in [-0.39, 0.29) is 0 Å². The Morgan fingerprint density at radius 3 is 2.88 bits per heavy atom. The van der Waals surface area contributed by atoms with Gasteiger partial charge in [0.1, 0.15) is 0 Å². The summed E-state index contributed by atoms with van der Waals surface area (Å²) in [6.07, 6.45) is 6.04. The first-order valence-electron chi connectivity index (χ1n) is 5.41. The maximum atomic E-state index is 4.27. The van der Waals surface area contributed by atoms with Crippen molar-refractivity contribution in [1.29, 1.82) is 0 Å². The number of hydrogen-bond donors (Lipinski definition) is 0. The number of thioether (sulfide) groups is 1. The lowest BCUT2D eigenvalue weighted by Crippen LogP contribution is -2.00. The second kappa shape index (κ2) is 4.25. The summed E-state index contributed by atoms with van der Waals surface area (Å²) in [5, 5.41) is 9.57. The van der Waals surface area contributed by atoms with Crippen molar-refractivity contribution in [3.8, 4) is 11.4 Å². The van der Waals surface area contributed by atoms with E-state index in [1.54, 1.807) is 24.2 Å². The molecule has 0 fully saturated rings. The van der Waals surface area contributed by atoms with Crippen molar-refractivity contribution < 1.29 is 0 Å². The molecule has 16 heavy (non-hydrogen) atoms. The van der Waals surface area contributed by atoms with Gasteiger partial charge in [-0.15, -0.1) is 10.2 Å². The lowest BCUT2D eigenvalue weighted by molar-refractivity contribution is 0.607.